The highest BCUT2D eigenvalue weighted by Crippen LogP contribution is 2.32. The summed E-state index contributed by atoms with van der Waals surface area (Å²) >= 11 is 0. The summed E-state index contributed by atoms with van der Waals surface area (Å²) in [5, 5.41) is 39.3. The van der Waals surface area contributed by atoms with Gasteiger partial charge in [-0.3, -0.25) is 24.8 Å². The van der Waals surface area contributed by atoms with Crippen LogP contribution in [-0.4, -0.2) is 108 Å². The molecule has 56 heavy (non-hydrogen) atoms. The largest absolute Gasteiger partial charge is 0.480 e. The highest BCUT2D eigenvalue weighted by Gasteiger charge is 2.41. The minimum atomic E-state index is -3.83. The molecule has 1 saturated heterocycles. The van der Waals surface area contributed by atoms with E-state index < -0.39 is 31.1 Å². The van der Waals surface area contributed by atoms with Crippen LogP contribution in [0.2, 0.25) is 0 Å². The molecule has 1 aliphatic carbocycles. The smallest absolute Gasteiger partial charge is 0.339 e. The van der Waals surface area contributed by atoms with E-state index in [1.165, 1.54) is 5.69 Å². The number of piperidine rings is 1. The number of hydrogen-bond donors (Lipinski definition) is 10. The average molecular weight is 815 g/mol. The number of aliphatic carboxylic acids is 2. The molecule has 14 nitrogen and oxygen atoms in total. The third-order valence-corrected chi connectivity index (χ3v) is 9.20. The van der Waals surface area contributed by atoms with Gasteiger partial charge < -0.3 is 45.6 Å². The number of nitrogens with zero attached hydrogens (tertiary/aromatic N) is 1. The fourth-order valence-corrected chi connectivity index (χ4v) is 6.34. The number of carbonyl (C=O) groups is 2. The number of H-pyrrole nitrogens is 1. The van der Waals surface area contributed by atoms with Crippen LogP contribution in [0.3, 0.4) is 0 Å². The van der Waals surface area contributed by atoms with Crippen LogP contribution in [0.1, 0.15) is 132 Å². The molecule has 0 radical (unpaired) electrons. The zero-order valence-electron chi connectivity index (χ0n) is 35.1. The van der Waals surface area contributed by atoms with Crippen LogP contribution in [0.25, 0.3) is 0 Å². The van der Waals surface area contributed by atoms with Crippen molar-refractivity contribution in [2.45, 2.75) is 170 Å². The van der Waals surface area contributed by atoms with Crippen molar-refractivity contribution < 1.29 is 39.3 Å². The molecule has 15 heteroatoms. The van der Waals surface area contributed by atoms with Gasteiger partial charge in [0.25, 0.3) is 0 Å². The fraction of sp³-hybridized carbons (Fsp3) is 0.707. The third-order valence-electron chi connectivity index (χ3n) is 8.61. The van der Waals surface area contributed by atoms with Crippen LogP contribution in [0.5, 0.6) is 0 Å². The Balaban J connectivity index is 0. The summed E-state index contributed by atoms with van der Waals surface area (Å²) in [6.07, 6.45) is 7.22. The van der Waals surface area contributed by atoms with E-state index in [1.807, 2.05) is 84.1 Å². The monoisotopic (exact) mass is 815 g/mol. The predicted molar refractivity (Wildman–Crippen MR) is 229 cm³/mol. The Morgan fingerprint density at radius 3 is 1.71 bits per heavy atom. The molecular weight excluding hydrogens is 735 g/mol. The number of nitrogens with one attached hydrogen (secondary N) is 5. The Morgan fingerprint density at radius 2 is 1.36 bits per heavy atom. The maximum Gasteiger partial charge on any atom is 0.339 e. The number of benzene rings is 1. The van der Waals surface area contributed by atoms with Gasteiger partial charge in [-0.05, 0) is 84.9 Å². The molecule has 1 aliphatic heterocycles. The maximum atomic E-state index is 11.0. The van der Waals surface area contributed by atoms with Crippen molar-refractivity contribution in [3.8, 4) is 0 Å². The predicted octanol–water partition coefficient (Wildman–Crippen LogP) is 6.31. The highest BCUT2D eigenvalue weighted by atomic mass is 31.2. The van der Waals surface area contributed by atoms with Crippen LogP contribution in [-0.2, 0) is 20.7 Å². The second kappa shape index (κ2) is 29.5. The van der Waals surface area contributed by atoms with Crippen LogP contribution in [0, 0.1) is 0 Å². The van der Waals surface area contributed by atoms with E-state index in [0.717, 1.165) is 63.7 Å². The van der Waals surface area contributed by atoms with E-state index in [-0.39, 0.29) is 37.9 Å². The van der Waals surface area contributed by atoms with Crippen LogP contribution in [0.15, 0.2) is 48.7 Å². The quantitative estimate of drug-likeness (QED) is 0.0947. The maximum absolute atomic E-state index is 11.0. The van der Waals surface area contributed by atoms with E-state index in [2.05, 4.69) is 64.9 Å². The van der Waals surface area contributed by atoms with E-state index in [0.29, 0.717) is 12.1 Å². The lowest BCUT2D eigenvalue weighted by Crippen LogP contribution is -2.52. The molecule has 4 rings (SSSR count). The first-order chi connectivity index (χ1) is 25.6. The summed E-state index contributed by atoms with van der Waals surface area (Å²) < 4.78 is 10.2. The standard InChI is InChI=1S/C11H15NO2.C9H17NO2.C8H14N2.C8H17NO.C4H12NO3P.CH4/c1-8(2)12-10(11(13)14)9-6-4-3-5-7-9;1-7(2)10-9(8(11)12)5-3-4-6-9;1-7(2)10-6-8-4-3-5-9-8;1-7(2)9-5-3-8(10)4-6-9;1-4(2)5-3-9(6,7)8;/h3-8,10,12H,1-2H3,(H,13,14);7,10H,3-6H2,1-2H3,(H,11,12);3-5,7,9-10H,6H2,1-2H3;7-8,10H,3-6H2,1-2H3;4-5H,3H2,1-2H3,(H2,6,7,8);1H4/t10-;;;;;/m1...../s1. The van der Waals surface area contributed by atoms with Crippen molar-refractivity contribution in [3.63, 3.8) is 0 Å². The number of carboxylic acids is 2. The lowest BCUT2D eigenvalue weighted by atomic mass is 9.97. The average Bonchev–Trinajstić information content (AvgIpc) is 3.80. The van der Waals surface area contributed by atoms with Crippen LogP contribution < -0.4 is 21.3 Å². The Labute approximate surface area is 338 Å². The lowest BCUT2D eigenvalue weighted by Gasteiger charge is -2.32. The second-order valence-electron chi connectivity index (χ2n) is 15.7. The number of rotatable bonds is 14. The van der Waals surface area contributed by atoms with Crippen molar-refractivity contribution >= 4 is 19.5 Å². The molecule has 10 N–H and O–H groups in total. The normalized spacial score (nSPS) is 16.0. The third kappa shape index (κ3) is 27.1. The van der Waals surface area contributed by atoms with Gasteiger partial charge in [0.15, 0.2) is 0 Å². The minimum absolute atomic E-state index is 0. The molecule has 1 saturated carbocycles. The lowest BCUT2D eigenvalue weighted by molar-refractivity contribution is -0.145. The Bertz CT molecular complexity index is 1310. The molecule has 0 bridgehead atoms. The molecule has 0 spiro atoms. The van der Waals surface area contributed by atoms with Crippen molar-refractivity contribution in [2.75, 3.05) is 19.4 Å². The Kier molecular flexibility index (Phi) is 29.3. The van der Waals surface area contributed by atoms with Crippen LogP contribution in [0.4, 0.5) is 0 Å². The van der Waals surface area contributed by atoms with Gasteiger partial charge in [-0.25, -0.2) is 0 Å². The zero-order valence-corrected chi connectivity index (χ0v) is 36.0. The fourth-order valence-electron chi connectivity index (χ4n) is 5.74. The molecule has 1 atom stereocenters. The van der Waals surface area contributed by atoms with Gasteiger partial charge >= 0.3 is 19.5 Å². The Hall–Kier alpha value is -2.65. The molecule has 2 aliphatic rings. The number of likely N-dealkylation sites (tertiary alicyclic amines) is 1. The number of hydrogen-bond acceptors (Lipinski definition) is 9. The van der Waals surface area contributed by atoms with Gasteiger partial charge in [-0.1, -0.05) is 78.3 Å². The molecule has 2 fully saturated rings. The van der Waals surface area contributed by atoms with Crippen molar-refractivity contribution in [2.24, 2.45) is 0 Å². The van der Waals surface area contributed by atoms with E-state index in [1.54, 1.807) is 0 Å². The van der Waals surface area contributed by atoms with Gasteiger partial charge in [0.2, 0.25) is 0 Å². The molecule has 326 valence electrons. The Morgan fingerprint density at radius 1 is 0.821 bits per heavy atom. The van der Waals surface area contributed by atoms with Gasteiger partial charge in [0.1, 0.15) is 11.6 Å². The summed E-state index contributed by atoms with van der Waals surface area (Å²) in [6.45, 7) is 23.3. The van der Waals surface area contributed by atoms with Gasteiger partial charge in [-0.2, -0.15) is 0 Å². The summed E-state index contributed by atoms with van der Waals surface area (Å²) in [4.78, 5) is 44.1. The number of aromatic amines is 1. The van der Waals surface area contributed by atoms with E-state index >= 15 is 0 Å². The molecule has 0 unspecified atom stereocenters. The zero-order chi connectivity index (χ0) is 42.2. The SMILES string of the molecule is C.CC(C)N1CCC(O)CC1.CC(C)NC1(C(=O)O)CCCC1.CC(C)NCP(=O)(O)O.CC(C)NCc1ccc[nH]1.CC(C)N[C@@H](C(=O)O)c1ccccc1. The molecule has 2 heterocycles. The second-order valence-corrected chi connectivity index (χ2v) is 17.3. The topological polar surface area (TPSA) is 220 Å². The first-order valence-corrected chi connectivity index (χ1v) is 21.5. The van der Waals surface area contributed by atoms with Gasteiger partial charge in [0.05, 0.1) is 12.4 Å². The summed E-state index contributed by atoms with van der Waals surface area (Å²) in [5.41, 5.74) is 1.41. The van der Waals surface area contributed by atoms with E-state index in [9.17, 15) is 19.3 Å². The number of aromatic nitrogens is 1. The van der Waals surface area contributed by atoms with Gasteiger partial charge in [-0.15, -0.1) is 0 Å². The van der Waals surface area contributed by atoms with E-state index in [4.69, 9.17) is 20.0 Å². The number of aliphatic hydroxyl groups excluding tert-OH is 1. The summed E-state index contributed by atoms with van der Waals surface area (Å²) in [6, 6.07) is 14.4. The summed E-state index contributed by atoms with van der Waals surface area (Å²) in [7, 11) is -3.83. The number of aliphatic hydroxyl groups is 1. The molecule has 1 aromatic carbocycles. The highest BCUT2D eigenvalue weighted by molar-refractivity contribution is 7.51. The van der Waals surface area contributed by atoms with Crippen molar-refractivity contribution in [1.29, 1.82) is 0 Å². The molecule has 1 aromatic heterocycles. The first kappa shape index (κ1) is 55.4. The van der Waals surface area contributed by atoms with Crippen LogP contribution >= 0.6 is 7.60 Å². The minimum Gasteiger partial charge on any atom is -0.480 e. The molecule has 2 aromatic rings. The number of carboxylic acid groups (broad SMARTS) is 2. The van der Waals surface area contributed by atoms with Crippen molar-refractivity contribution in [3.05, 3.63) is 59.9 Å². The van der Waals surface area contributed by atoms with Crippen molar-refractivity contribution in [1.82, 2.24) is 31.2 Å². The first-order valence-electron chi connectivity index (χ1n) is 19.7. The molecule has 0 amide bonds. The summed E-state index contributed by atoms with van der Waals surface area (Å²) in [5.74, 6) is -1.53. The van der Waals surface area contributed by atoms with Gasteiger partial charge in [0, 0.05) is 61.7 Å². The molecular formula is C41H79N6O8P.